The number of ether oxygens (including phenoxy) is 1. The molecule has 0 fully saturated rings. The number of esters is 1. The van der Waals surface area contributed by atoms with Gasteiger partial charge in [0.05, 0.1) is 32.7 Å². The van der Waals surface area contributed by atoms with E-state index in [9.17, 15) is 14.0 Å². The molecule has 5 nitrogen and oxygen atoms in total. The summed E-state index contributed by atoms with van der Waals surface area (Å²) in [6, 6.07) is 5.01. The molecule has 0 aromatic heterocycles. The van der Waals surface area contributed by atoms with Gasteiger partial charge in [-0.05, 0) is 24.7 Å². The number of amides is 1. The fourth-order valence-electron chi connectivity index (χ4n) is 1.89. The fourth-order valence-corrected chi connectivity index (χ4v) is 1.89. The minimum atomic E-state index is -0.584. The number of rotatable bonds is 7. The van der Waals surface area contributed by atoms with Gasteiger partial charge < -0.3 is 10.1 Å². The Hall–Kier alpha value is -2.39. The van der Waals surface area contributed by atoms with Crippen LogP contribution in [0.3, 0.4) is 0 Å². The van der Waals surface area contributed by atoms with Gasteiger partial charge in [-0.1, -0.05) is 18.1 Å². The van der Waals surface area contributed by atoms with Crippen LogP contribution in [0.5, 0.6) is 0 Å². The Balaban J connectivity index is 2.78. The first kappa shape index (κ1) is 17.7. The van der Waals surface area contributed by atoms with Gasteiger partial charge in [0.25, 0.3) is 0 Å². The Labute approximate surface area is 129 Å². The molecule has 0 heterocycles. The Bertz CT molecular complexity index is 552. The predicted molar refractivity (Wildman–Crippen MR) is 80.2 cm³/mol. The summed E-state index contributed by atoms with van der Waals surface area (Å²) in [7, 11) is 2.99. The maximum absolute atomic E-state index is 13.0. The highest BCUT2D eigenvalue weighted by Crippen LogP contribution is 2.18. The molecular formula is C16H19FN2O3. The summed E-state index contributed by atoms with van der Waals surface area (Å²) >= 11 is 0. The summed E-state index contributed by atoms with van der Waals surface area (Å²) in [5, 5.41) is 2.73. The summed E-state index contributed by atoms with van der Waals surface area (Å²) in [5.41, 5.74) is 0.625. The highest BCUT2D eigenvalue weighted by Gasteiger charge is 2.19. The second-order valence-corrected chi connectivity index (χ2v) is 4.83. The van der Waals surface area contributed by atoms with Crippen molar-refractivity contribution >= 4 is 11.9 Å². The van der Waals surface area contributed by atoms with Crippen LogP contribution in [-0.2, 0) is 14.3 Å². The number of methoxy groups -OCH3 is 1. The van der Waals surface area contributed by atoms with Crippen molar-refractivity contribution in [3.63, 3.8) is 0 Å². The second-order valence-electron chi connectivity index (χ2n) is 4.83. The predicted octanol–water partition coefficient (Wildman–Crippen LogP) is 1.11. The average Bonchev–Trinajstić information content (AvgIpc) is 2.47. The third-order valence-electron chi connectivity index (χ3n) is 2.98. The first-order valence-electron chi connectivity index (χ1n) is 6.70. The maximum Gasteiger partial charge on any atom is 0.307 e. The van der Waals surface area contributed by atoms with Crippen molar-refractivity contribution in [2.75, 3.05) is 27.2 Å². The number of carbonyl (C=O) groups is 2. The van der Waals surface area contributed by atoms with E-state index in [1.165, 1.54) is 31.4 Å². The molecule has 0 spiro atoms. The molecule has 0 aliphatic rings. The van der Waals surface area contributed by atoms with E-state index < -0.39 is 12.0 Å². The number of benzene rings is 1. The number of nitrogens with zero attached hydrogens (tertiary/aromatic N) is 1. The van der Waals surface area contributed by atoms with E-state index in [-0.39, 0.29) is 24.7 Å². The van der Waals surface area contributed by atoms with E-state index in [0.717, 1.165) is 0 Å². The van der Waals surface area contributed by atoms with Gasteiger partial charge in [-0.25, -0.2) is 4.39 Å². The minimum Gasteiger partial charge on any atom is -0.469 e. The van der Waals surface area contributed by atoms with Crippen LogP contribution < -0.4 is 5.32 Å². The van der Waals surface area contributed by atoms with Crippen molar-refractivity contribution in [1.29, 1.82) is 0 Å². The Morgan fingerprint density at radius 2 is 2.05 bits per heavy atom. The van der Waals surface area contributed by atoms with E-state index in [1.54, 1.807) is 11.9 Å². The van der Waals surface area contributed by atoms with Gasteiger partial charge >= 0.3 is 5.97 Å². The number of terminal acetylenes is 1. The summed E-state index contributed by atoms with van der Waals surface area (Å²) in [6.45, 7) is 0.439. The molecule has 0 unspecified atom stereocenters. The zero-order valence-electron chi connectivity index (χ0n) is 12.6. The molecular weight excluding hydrogens is 287 g/mol. The van der Waals surface area contributed by atoms with Crippen LogP contribution in [0.1, 0.15) is 18.0 Å². The van der Waals surface area contributed by atoms with Crippen LogP contribution in [0.15, 0.2) is 24.3 Å². The molecule has 0 bridgehead atoms. The molecule has 6 heteroatoms. The highest BCUT2D eigenvalue weighted by molar-refractivity contribution is 5.79. The molecule has 0 aliphatic carbocycles. The lowest BCUT2D eigenvalue weighted by molar-refractivity contribution is -0.141. The van der Waals surface area contributed by atoms with Crippen molar-refractivity contribution < 1.29 is 18.7 Å². The monoisotopic (exact) mass is 306 g/mol. The molecule has 1 N–H and O–H groups in total. The molecule has 0 radical (unpaired) electrons. The largest absolute Gasteiger partial charge is 0.469 e. The quantitative estimate of drug-likeness (QED) is 0.606. The standard InChI is InChI=1S/C16H19FN2O3/c1-4-9-19(2)11-15(20)18-14(10-16(21)22-3)12-5-7-13(17)8-6-12/h1,5-8,14H,9-11H2,2-3H3,(H,18,20)/t14-/m1/s1. The normalized spacial score (nSPS) is 11.6. The first-order valence-corrected chi connectivity index (χ1v) is 6.70. The number of hydrogen-bond acceptors (Lipinski definition) is 4. The fraction of sp³-hybridized carbons (Fsp3) is 0.375. The number of nitrogens with one attached hydrogen (secondary N) is 1. The molecule has 0 saturated carbocycles. The summed E-state index contributed by atoms with van der Waals surface area (Å²) in [4.78, 5) is 25.1. The highest BCUT2D eigenvalue weighted by atomic mass is 19.1. The van der Waals surface area contributed by atoms with Crippen LogP contribution in [0, 0.1) is 18.2 Å². The van der Waals surface area contributed by atoms with Crippen LogP contribution in [-0.4, -0.2) is 44.0 Å². The number of halogens is 1. The van der Waals surface area contributed by atoms with Crippen molar-refractivity contribution in [1.82, 2.24) is 10.2 Å². The van der Waals surface area contributed by atoms with Gasteiger partial charge in [0, 0.05) is 0 Å². The number of likely N-dealkylation sites (N-methyl/N-ethyl adjacent to an activating group) is 1. The molecule has 1 aromatic rings. The Kier molecular flexibility index (Phi) is 7.06. The molecule has 1 aromatic carbocycles. The molecule has 118 valence electrons. The smallest absolute Gasteiger partial charge is 0.307 e. The average molecular weight is 306 g/mol. The lowest BCUT2D eigenvalue weighted by Gasteiger charge is -2.20. The van der Waals surface area contributed by atoms with Gasteiger partial charge in [0.2, 0.25) is 5.91 Å². The summed E-state index contributed by atoms with van der Waals surface area (Å²) in [6.07, 6.45) is 5.14. The molecule has 1 amide bonds. The molecule has 22 heavy (non-hydrogen) atoms. The maximum atomic E-state index is 13.0. The van der Waals surface area contributed by atoms with Crippen molar-refractivity contribution in [2.45, 2.75) is 12.5 Å². The van der Waals surface area contributed by atoms with Gasteiger partial charge in [-0.3, -0.25) is 14.5 Å². The van der Waals surface area contributed by atoms with Gasteiger partial charge in [-0.2, -0.15) is 0 Å². The lowest BCUT2D eigenvalue weighted by atomic mass is 10.0. The van der Waals surface area contributed by atoms with Gasteiger partial charge in [0.1, 0.15) is 5.82 Å². The Morgan fingerprint density at radius 1 is 1.41 bits per heavy atom. The third kappa shape index (κ3) is 5.94. The molecule has 0 saturated heterocycles. The van der Waals surface area contributed by atoms with Crippen LogP contribution in [0.25, 0.3) is 0 Å². The number of hydrogen-bond donors (Lipinski definition) is 1. The van der Waals surface area contributed by atoms with Crippen molar-refractivity contribution in [3.05, 3.63) is 35.6 Å². The topological polar surface area (TPSA) is 58.6 Å². The molecule has 1 atom stereocenters. The summed E-state index contributed by atoms with van der Waals surface area (Å²) < 4.78 is 17.6. The minimum absolute atomic E-state index is 0.0350. The zero-order valence-corrected chi connectivity index (χ0v) is 12.6. The van der Waals surface area contributed by atoms with Crippen molar-refractivity contribution in [3.8, 4) is 12.3 Å². The van der Waals surface area contributed by atoms with Crippen LogP contribution in [0.4, 0.5) is 4.39 Å². The zero-order chi connectivity index (χ0) is 16.5. The van der Waals surface area contributed by atoms with Gasteiger partial charge in [0.15, 0.2) is 0 Å². The third-order valence-corrected chi connectivity index (χ3v) is 2.98. The van der Waals surface area contributed by atoms with Crippen LogP contribution >= 0.6 is 0 Å². The van der Waals surface area contributed by atoms with Crippen LogP contribution in [0.2, 0.25) is 0 Å². The van der Waals surface area contributed by atoms with E-state index >= 15 is 0 Å². The van der Waals surface area contributed by atoms with Gasteiger partial charge in [-0.15, -0.1) is 6.42 Å². The molecule has 0 aliphatic heterocycles. The van der Waals surface area contributed by atoms with E-state index in [1.807, 2.05) is 0 Å². The molecule has 1 rings (SSSR count). The second kappa shape index (κ2) is 8.80. The van der Waals surface area contributed by atoms with E-state index in [4.69, 9.17) is 6.42 Å². The van der Waals surface area contributed by atoms with Crippen molar-refractivity contribution in [2.24, 2.45) is 0 Å². The van der Waals surface area contributed by atoms with E-state index in [2.05, 4.69) is 16.0 Å². The van der Waals surface area contributed by atoms with E-state index in [0.29, 0.717) is 12.1 Å². The number of carbonyl (C=O) groups excluding carboxylic acids is 2. The lowest BCUT2D eigenvalue weighted by Crippen LogP contribution is -2.38. The first-order chi connectivity index (χ1) is 10.5. The Morgan fingerprint density at radius 3 is 2.59 bits per heavy atom. The SMILES string of the molecule is C#CCN(C)CC(=O)N[C@H](CC(=O)OC)c1ccc(F)cc1. The summed E-state index contributed by atoms with van der Waals surface area (Å²) in [5.74, 6) is 1.30.